The van der Waals surface area contributed by atoms with Gasteiger partial charge in [0.05, 0.1) is 19.1 Å². The highest BCUT2D eigenvalue weighted by atomic mass is 16.2. The van der Waals surface area contributed by atoms with Gasteiger partial charge in [-0.05, 0) is 43.2 Å². The summed E-state index contributed by atoms with van der Waals surface area (Å²) >= 11 is 0. The van der Waals surface area contributed by atoms with Crippen LogP contribution in [0, 0.1) is 13.8 Å². The van der Waals surface area contributed by atoms with Gasteiger partial charge in [-0.1, -0.05) is 30.3 Å². The molecule has 1 aromatic heterocycles. The molecule has 0 saturated carbocycles. The van der Waals surface area contributed by atoms with Crippen molar-refractivity contribution in [3.8, 4) is 5.69 Å². The van der Waals surface area contributed by atoms with E-state index in [0.29, 0.717) is 5.69 Å². The standard InChI is InChI=1S/C20H20N4O2/c1-14-7-6-10-17(15(14)2)23-19(25)12-22-20(26)18-11-21-13-24(18)16-8-4-3-5-9-16/h3-11,13H,12H2,1-2H3,(H,22,26)(H,23,25). The van der Waals surface area contributed by atoms with E-state index in [1.165, 1.54) is 6.20 Å². The van der Waals surface area contributed by atoms with Gasteiger partial charge in [0, 0.05) is 11.4 Å². The van der Waals surface area contributed by atoms with Gasteiger partial charge >= 0.3 is 0 Å². The van der Waals surface area contributed by atoms with E-state index in [4.69, 9.17) is 0 Å². The molecule has 26 heavy (non-hydrogen) atoms. The number of carbonyl (C=O) groups is 2. The predicted molar refractivity (Wildman–Crippen MR) is 100 cm³/mol. The largest absolute Gasteiger partial charge is 0.342 e. The Morgan fingerprint density at radius 2 is 1.81 bits per heavy atom. The first-order valence-electron chi connectivity index (χ1n) is 8.28. The highest BCUT2D eigenvalue weighted by Crippen LogP contribution is 2.17. The van der Waals surface area contributed by atoms with Crippen molar-refractivity contribution in [3.63, 3.8) is 0 Å². The van der Waals surface area contributed by atoms with Gasteiger partial charge in [0.15, 0.2) is 0 Å². The zero-order chi connectivity index (χ0) is 18.5. The van der Waals surface area contributed by atoms with E-state index >= 15 is 0 Å². The number of carbonyl (C=O) groups excluding carboxylic acids is 2. The summed E-state index contributed by atoms with van der Waals surface area (Å²) < 4.78 is 1.68. The van der Waals surface area contributed by atoms with Gasteiger partial charge < -0.3 is 10.6 Å². The van der Waals surface area contributed by atoms with Crippen LogP contribution in [0.25, 0.3) is 5.69 Å². The molecular formula is C20H20N4O2. The fraction of sp³-hybridized carbons (Fsp3) is 0.150. The molecule has 2 amide bonds. The van der Waals surface area contributed by atoms with Crippen LogP contribution < -0.4 is 10.6 Å². The Hall–Kier alpha value is -3.41. The highest BCUT2D eigenvalue weighted by Gasteiger charge is 2.14. The van der Waals surface area contributed by atoms with E-state index in [9.17, 15) is 9.59 Å². The summed E-state index contributed by atoms with van der Waals surface area (Å²) in [6.07, 6.45) is 3.05. The third-order valence-corrected chi connectivity index (χ3v) is 4.19. The first kappa shape index (κ1) is 17.4. The molecule has 0 fully saturated rings. The molecule has 0 saturated heterocycles. The van der Waals surface area contributed by atoms with Gasteiger partial charge in [0.2, 0.25) is 5.91 Å². The summed E-state index contributed by atoms with van der Waals surface area (Å²) in [6.45, 7) is 3.81. The van der Waals surface area contributed by atoms with Crippen LogP contribution in [0.3, 0.4) is 0 Å². The smallest absolute Gasteiger partial charge is 0.270 e. The van der Waals surface area contributed by atoms with Gasteiger partial charge in [-0.15, -0.1) is 0 Å². The quantitative estimate of drug-likeness (QED) is 0.744. The second-order valence-corrected chi connectivity index (χ2v) is 5.96. The van der Waals surface area contributed by atoms with E-state index in [-0.39, 0.29) is 18.4 Å². The zero-order valence-corrected chi connectivity index (χ0v) is 14.7. The highest BCUT2D eigenvalue weighted by molar-refractivity contribution is 5.99. The van der Waals surface area contributed by atoms with Crippen molar-refractivity contribution in [2.75, 3.05) is 11.9 Å². The average molecular weight is 348 g/mol. The molecule has 0 aliphatic rings. The van der Waals surface area contributed by atoms with Gasteiger partial charge in [-0.25, -0.2) is 4.98 Å². The van der Waals surface area contributed by atoms with Crippen molar-refractivity contribution in [1.29, 1.82) is 0 Å². The molecule has 2 N–H and O–H groups in total. The lowest BCUT2D eigenvalue weighted by Crippen LogP contribution is -2.34. The van der Waals surface area contributed by atoms with Crippen LogP contribution >= 0.6 is 0 Å². The fourth-order valence-electron chi connectivity index (χ4n) is 2.59. The van der Waals surface area contributed by atoms with Crippen LogP contribution in [0.1, 0.15) is 21.6 Å². The van der Waals surface area contributed by atoms with Crippen molar-refractivity contribution in [3.05, 3.63) is 77.9 Å². The molecule has 0 bridgehead atoms. The van der Waals surface area contributed by atoms with Gasteiger partial charge in [-0.3, -0.25) is 14.2 Å². The summed E-state index contributed by atoms with van der Waals surface area (Å²) in [5.74, 6) is -0.639. The predicted octanol–water partition coefficient (Wildman–Crippen LogP) is 2.86. The van der Waals surface area contributed by atoms with Crippen molar-refractivity contribution >= 4 is 17.5 Å². The Balaban J connectivity index is 1.64. The fourth-order valence-corrected chi connectivity index (χ4v) is 2.59. The molecule has 6 heteroatoms. The molecule has 0 unspecified atom stereocenters. The van der Waals surface area contributed by atoms with Crippen LogP contribution in [0.15, 0.2) is 61.1 Å². The lowest BCUT2D eigenvalue weighted by molar-refractivity contribution is -0.115. The molecule has 132 valence electrons. The van der Waals surface area contributed by atoms with Gasteiger partial charge in [-0.2, -0.15) is 0 Å². The summed E-state index contributed by atoms with van der Waals surface area (Å²) in [7, 11) is 0. The van der Waals surface area contributed by atoms with Crippen molar-refractivity contribution < 1.29 is 9.59 Å². The lowest BCUT2D eigenvalue weighted by atomic mass is 10.1. The molecule has 0 aliphatic heterocycles. The first-order valence-corrected chi connectivity index (χ1v) is 8.28. The molecule has 2 aromatic carbocycles. The number of nitrogens with one attached hydrogen (secondary N) is 2. The minimum Gasteiger partial charge on any atom is -0.342 e. The molecule has 1 heterocycles. The van der Waals surface area contributed by atoms with E-state index < -0.39 is 0 Å². The minimum atomic E-state index is -0.359. The van der Waals surface area contributed by atoms with Crippen molar-refractivity contribution in [1.82, 2.24) is 14.9 Å². The Morgan fingerprint density at radius 3 is 2.58 bits per heavy atom. The van der Waals surface area contributed by atoms with E-state index in [0.717, 1.165) is 22.5 Å². The molecule has 3 rings (SSSR count). The second kappa shape index (κ2) is 7.65. The van der Waals surface area contributed by atoms with E-state index in [2.05, 4.69) is 15.6 Å². The normalized spacial score (nSPS) is 10.4. The number of hydrogen-bond acceptors (Lipinski definition) is 3. The van der Waals surface area contributed by atoms with Crippen LogP contribution in [0.4, 0.5) is 5.69 Å². The summed E-state index contributed by atoms with van der Waals surface area (Å²) in [4.78, 5) is 28.6. The third kappa shape index (κ3) is 3.80. The topological polar surface area (TPSA) is 76.0 Å². The summed E-state index contributed by atoms with van der Waals surface area (Å²) in [5, 5.41) is 5.46. The van der Waals surface area contributed by atoms with Crippen LogP contribution in [-0.2, 0) is 4.79 Å². The summed E-state index contributed by atoms with van der Waals surface area (Å²) in [6, 6.07) is 15.1. The maximum absolute atomic E-state index is 12.4. The number of para-hydroxylation sites is 1. The van der Waals surface area contributed by atoms with E-state index in [1.54, 1.807) is 10.9 Å². The Labute approximate surface area is 151 Å². The number of aryl methyl sites for hydroxylation is 1. The number of aromatic nitrogens is 2. The molecule has 0 atom stereocenters. The number of nitrogens with zero attached hydrogens (tertiary/aromatic N) is 2. The molecule has 3 aromatic rings. The molecule has 0 radical (unpaired) electrons. The number of imidazole rings is 1. The monoisotopic (exact) mass is 348 g/mol. The SMILES string of the molecule is Cc1cccc(NC(=O)CNC(=O)c2cncn2-c2ccccc2)c1C. The Morgan fingerprint density at radius 1 is 1.04 bits per heavy atom. The maximum atomic E-state index is 12.4. The average Bonchev–Trinajstić information content (AvgIpc) is 3.14. The minimum absolute atomic E-state index is 0.119. The third-order valence-electron chi connectivity index (χ3n) is 4.19. The molecule has 0 spiro atoms. The number of anilines is 1. The number of hydrogen-bond donors (Lipinski definition) is 2. The Bertz CT molecular complexity index is 932. The number of rotatable bonds is 5. The molecule has 6 nitrogen and oxygen atoms in total. The van der Waals surface area contributed by atoms with Crippen LogP contribution in [0.2, 0.25) is 0 Å². The van der Waals surface area contributed by atoms with Crippen LogP contribution in [0.5, 0.6) is 0 Å². The van der Waals surface area contributed by atoms with Gasteiger partial charge in [0.1, 0.15) is 5.69 Å². The lowest BCUT2D eigenvalue weighted by Gasteiger charge is -2.11. The van der Waals surface area contributed by atoms with Crippen molar-refractivity contribution in [2.45, 2.75) is 13.8 Å². The second-order valence-electron chi connectivity index (χ2n) is 5.96. The maximum Gasteiger partial charge on any atom is 0.270 e. The molecule has 0 aliphatic carbocycles. The molecular weight excluding hydrogens is 328 g/mol. The van der Waals surface area contributed by atoms with Crippen molar-refractivity contribution in [2.24, 2.45) is 0 Å². The Kier molecular flexibility index (Phi) is 5.12. The first-order chi connectivity index (χ1) is 12.6. The number of benzene rings is 2. The van der Waals surface area contributed by atoms with Gasteiger partial charge in [0.25, 0.3) is 5.91 Å². The number of amides is 2. The summed E-state index contributed by atoms with van der Waals surface area (Å²) in [5.41, 5.74) is 4.05. The van der Waals surface area contributed by atoms with E-state index in [1.807, 2.05) is 62.4 Å². The van der Waals surface area contributed by atoms with Crippen LogP contribution in [-0.4, -0.2) is 27.9 Å². The zero-order valence-electron chi connectivity index (χ0n) is 14.7.